The zero-order chi connectivity index (χ0) is 14.4. The molecule has 2 aromatic carbocycles. The second kappa shape index (κ2) is 7.10. The molecule has 0 bridgehead atoms. The van der Waals surface area contributed by atoms with E-state index in [0.717, 1.165) is 4.90 Å². The minimum absolute atomic E-state index is 0.102. The first kappa shape index (κ1) is 14.6. The van der Waals surface area contributed by atoms with E-state index in [4.69, 9.17) is 0 Å². The summed E-state index contributed by atoms with van der Waals surface area (Å²) in [5.74, 6) is 0.247. The van der Waals surface area contributed by atoms with Crippen molar-refractivity contribution in [2.45, 2.75) is 18.2 Å². The summed E-state index contributed by atoms with van der Waals surface area (Å²) in [6.45, 7) is 2.04. The third kappa shape index (κ3) is 4.70. The second-order valence-corrected chi connectivity index (χ2v) is 5.64. The Morgan fingerprint density at radius 1 is 1.20 bits per heavy atom. The third-order valence-electron chi connectivity index (χ3n) is 2.73. The van der Waals surface area contributed by atoms with E-state index in [1.165, 1.54) is 17.7 Å². The lowest BCUT2D eigenvalue weighted by atomic mass is 10.2. The molecule has 0 fully saturated rings. The second-order valence-electron chi connectivity index (χ2n) is 4.47. The molecule has 0 unspecified atom stereocenters. The van der Waals surface area contributed by atoms with Crippen molar-refractivity contribution >= 4 is 23.4 Å². The van der Waals surface area contributed by atoms with Crippen molar-refractivity contribution in [3.63, 3.8) is 0 Å². The maximum absolute atomic E-state index is 13.0. The van der Waals surface area contributed by atoms with Gasteiger partial charge >= 0.3 is 0 Å². The molecule has 0 saturated carbocycles. The first-order valence-corrected chi connectivity index (χ1v) is 7.37. The maximum atomic E-state index is 13.0. The summed E-state index contributed by atoms with van der Waals surface area (Å²) in [6.07, 6.45) is 0.398. The Morgan fingerprint density at radius 3 is 2.65 bits per heavy atom. The van der Waals surface area contributed by atoms with Crippen LogP contribution in [-0.4, -0.2) is 11.7 Å². The van der Waals surface area contributed by atoms with Gasteiger partial charge in [0.15, 0.2) is 0 Å². The molecule has 4 heteroatoms. The molecule has 0 radical (unpaired) electrons. The average Bonchev–Trinajstić information content (AvgIpc) is 2.41. The van der Waals surface area contributed by atoms with Crippen LogP contribution in [0.5, 0.6) is 0 Å². The summed E-state index contributed by atoms with van der Waals surface area (Å²) >= 11 is 1.64. The Hall–Kier alpha value is -1.81. The predicted molar refractivity (Wildman–Crippen MR) is 81.5 cm³/mol. The van der Waals surface area contributed by atoms with E-state index in [1.54, 1.807) is 23.9 Å². The van der Waals surface area contributed by atoms with Crippen LogP contribution < -0.4 is 5.32 Å². The minimum atomic E-state index is -0.350. The Balaban J connectivity index is 1.76. The molecular formula is C16H16FNOS. The van der Waals surface area contributed by atoms with Crippen LogP contribution in [-0.2, 0) is 4.79 Å². The fourth-order valence-electron chi connectivity index (χ4n) is 1.69. The number of halogens is 1. The van der Waals surface area contributed by atoms with Gasteiger partial charge in [0.1, 0.15) is 5.82 Å². The van der Waals surface area contributed by atoms with E-state index in [1.807, 2.05) is 19.1 Å². The number of carbonyl (C=O) groups excluding carboxylic acids is 1. The molecule has 104 valence electrons. The number of hydrogen-bond donors (Lipinski definition) is 1. The van der Waals surface area contributed by atoms with Gasteiger partial charge in [0.2, 0.25) is 5.91 Å². The Labute approximate surface area is 122 Å². The van der Waals surface area contributed by atoms with Gasteiger partial charge < -0.3 is 5.32 Å². The van der Waals surface area contributed by atoms with Crippen molar-refractivity contribution in [2.24, 2.45) is 0 Å². The maximum Gasteiger partial charge on any atom is 0.225 e. The number of carbonyl (C=O) groups is 1. The van der Waals surface area contributed by atoms with E-state index < -0.39 is 0 Å². The molecule has 20 heavy (non-hydrogen) atoms. The van der Waals surface area contributed by atoms with Gasteiger partial charge in [-0.25, -0.2) is 4.39 Å². The van der Waals surface area contributed by atoms with E-state index in [0.29, 0.717) is 17.9 Å². The number of thioether (sulfide) groups is 1. The van der Waals surface area contributed by atoms with E-state index in [9.17, 15) is 9.18 Å². The fraction of sp³-hybridized carbons (Fsp3) is 0.188. The molecule has 1 amide bonds. The van der Waals surface area contributed by atoms with Gasteiger partial charge in [-0.2, -0.15) is 0 Å². The number of aryl methyl sites for hydroxylation is 1. The average molecular weight is 289 g/mol. The summed E-state index contributed by atoms with van der Waals surface area (Å²) in [4.78, 5) is 12.9. The first-order chi connectivity index (χ1) is 9.63. The van der Waals surface area contributed by atoms with Crippen LogP contribution in [0.25, 0.3) is 0 Å². The molecule has 0 aliphatic heterocycles. The molecule has 2 rings (SSSR count). The van der Waals surface area contributed by atoms with Crippen LogP contribution in [0.1, 0.15) is 12.0 Å². The molecular weight excluding hydrogens is 273 g/mol. The molecule has 1 N–H and O–H groups in total. The standard InChI is InChI=1S/C16H16FNOS/c1-12-5-7-15(8-6-12)20-10-9-16(19)18-14-4-2-3-13(17)11-14/h2-8,11H,9-10H2,1H3,(H,18,19). The van der Waals surface area contributed by atoms with E-state index in [-0.39, 0.29) is 11.7 Å². The predicted octanol–water partition coefficient (Wildman–Crippen LogP) is 4.26. The van der Waals surface area contributed by atoms with Crippen LogP contribution in [0.4, 0.5) is 10.1 Å². The first-order valence-electron chi connectivity index (χ1n) is 6.38. The number of hydrogen-bond acceptors (Lipinski definition) is 2. The van der Waals surface area contributed by atoms with Crippen molar-refractivity contribution in [3.8, 4) is 0 Å². The van der Waals surface area contributed by atoms with Crippen LogP contribution in [0, 0.1) is 12.7 Å². The number of nitrogens with one attached hydrogen (secondary N) is 1. The van der Waals surface area contributed by atoms with Crippen molar-refractivity contribution in [2.75, 3.05) is 11.1 Å². The molecule has 0 aromatic heterocycles. The molecule has 0 spiro atoms. The summed E-state index contributed by atoms with van der Waals surface area (Å²) in [6, 6.07) is 14.1. The summed E-state index contributed by atoms with van der Waals surface area (Å²) < 4.78 is 13.0. The van der Waals surface area contributed by atoms with Gasteiger partial charge in [-0.15, -0.1) is 11.8 Å². The lowest BCUT2D eigenvalue weighted by molar-refractivity contribution is -0.115. The molecule has 0 heterocycles. The van der Waals surface area contributed by atoms with Crippen LogP contribution in [0.3, 0.4) is 0 Å². The van der Waals surface area contributed by atoms with Gasteiger partial charge in [0.05, 0.1) is 0 Å². The highest BCUT2D eigenvalue weighted by atomic mass is 32.2. The monoisotopic (exact) mass is 289 g/mol. The summed E-state index contributed by atoms with van der Waals surface area (Å²) in [7, 11) is 0. The molecule has 2 nitrogen and oxygen atoms in total. The zero-order valence-corrected chi connectivity index (χ0v) is 12.0. The highest BCUT2D eigenvalue weighted by Crippen LogP contribution is 2.19. The number of rotatable bonds is 5. The SMILES string of the molecule is Cc1ccc(SCCC(=O)Nc2cccc(F)c2)cc1. The number of anilines is 1. The summed E-state index contributed by atoms with van der Waals surface area (Å²) in [5.41, 5.74) is 1.72. The van der Waals surface area contributed by atoms with Gasteiger partial charge in [-0.1, -0.05) is 23.8 Å². The third-order valence-corrected chi connectivity index (χ3v) is 3.74. The van der Waals surface area contributed by atoms with E-state index in [2.05, 4.69) is 17.4 Å². The fourth-order valence-corrected chi connectivity index (χ4v) is 2.54. The molecule has 2 aromatic rings. The largest absolute Gasteiger partial charge is 0.326 e. The lowest BCUT2D eigenvalue weighted by Gasteiger charge is -2.05. The van der Waals surface area contributed by atoms with Gasteiger partial charge in [-0.05, 0) is 37.3 Å². The van der Waals surface area contributed by atoms with Crippen molar-refractivity contribution < 1.29 is 9.18 Å². The molecule has 0 aliphatic rings. The number of amides is 1. The Morgan fingerprint density at radius 2 is 1.95 bits per heavy atom. The van der Waals surface area contributed by atoms with Crippen LogP contribution >= 0.6 is 11.8 Å². The number of benzene rings is 2. The molecule has 0 atom stereocenters. The Bertz CT molecular complexity index is 583. The quantitative estimate of drug-likeness (QED) is 0.833. The van der Waals surface area contributed by atoms with Crippen molar-refractivity contribution in [1.82, 2.24) is 0 Å². The zero-order valence-electron chi connectivity index (χ0n) is 11.2. The van der Waals surface area contributed by atoms with Gasteiger partial charge in [-0.3, -0.25) is 4.79 Å². The van der Waals surface area contributed by atoms with Crippen LogP contribution in [0.15, 0.2) is 53.4 Å². The van der Waals surface area contributed by atoms with E-state index >= 15 is 0 Å². The van der Waals surface area contributed by atoms with Gasteiger partial charge in [0.25, 0.3) is 0 Å². The topological polar surface area (TPSA) is 29.1 Å². The molecule has 0 saturated heterocycles. The highest BCUT2D eigenvalue weighted by molar-refractivity contribution is 7.99. The van der Waals surface area contributed by atoms with Crippen molar-refractivity contribution in [3.05, 3.63) is 59.9 Å². The lowest BCUT2D eigenvalue weighted by Crippen LogP contribution is -2.12. The van der Waals surface area contributed by atoms with Crippen LogP contribution in [0.2, 0.25) is 0 Å². The highest BCUT2D eigenvalue weighted by Gasteiger charge is 2.03. The minimum Gasteiger partial charge on any atom is -0.326 e. The van der Waals surface area contributed by atoms with Gasteiger partial charge in [0, 0.05) is 22.8 Å². The van der Waals surface area contributed by atoms with Crippen molar-refractivity contribution in [1.29, 1.82) is 0 Å². The Kier molecular flexibility index (Phi) is 5.18. The summed E-state index contributed by atoms with van der Waals surface area (Å²) in [5, 5.41) is 2.69. The normalized spacial score (nSPS) is 10.3. The molecule has 0 aliphatic carbocycles. The smallest absolute Gasteiger partial charge is 0.225 e.